The van der Waals surface area contributed by atoms with Crippen LogP contribution in [0.3, 0.4) is 0 Å². The first kappa shape index (κ1) is 17.7. The number of phenolic OH excluding ortho intramolecular Hbond substituents is 1. The van der Waals surface area contributed by atoms with Crippen molar-refractivity contribution >= 4 is 11.7 Å². The molecule has 2 N–H and O–H groups in total. The van der Waals surface area contributed by atoms with Crippen LogP contribution in [0.5, 0.6) is 5.75 Å². The molecule has 0 bridgehead atoms. The summed E-state index contributed by atoms with van der Waals surface area (Å²) in [5.74, 6) is -1.19. The van der Waals surface area contributed by atoms with Gasteiger partial charge in [-0.2, -0.15) is 0 Å². The van der Waals surface area contributed by atoms with Gasteiger partial charge in [0.05, 0.1) is 10.5 Å². The van der Waals surface area contributed by atoms with E-state index in [0.717, 1.165) is 5.56 Å². The van der Waals surface area contributed by atoms with Crippen LogP contribution in [-0.4, -0.2) is 21.1 Å². The predicted molar refractivity (Wildman–Crippen MR) is 93.6 cm³/mol. The Balaban J connectivity index is 0.000000212. The molecular weight excluding hydrogens is 322 g/mol. The summed E-state index contributed by atoms with van der Waals surface area (Å²) in [4.78, 5) is 20.3. The molecule has 0 saturated carbocycles. The Morgan fingerprint density at radius 3 is 1.88 bits per heavy atom. The summed E-state index contributed by atoms with van der Waals surface area (Å²) in [5.41, 5.74) is 1.65. The standard InChI is InChI=1S/C12H9NO3.C7H6O2/c14-12-7-6-10(8-11(12)13(15)16)9-4-2-1-3-5-9;8-7(9)6-4-2-1-3-5-6/h1-8,14H;1-5H,(H,8,9). The summed E-state index contributed by atoms with van der Waals surface area (Å²) in [6, 6.07) is 21.9. The molecule has 0 saturated heterocycles. The van der Waals surface area contributed by atoms with E-state index < -0.39 is 10.9 Å². The number of rotatable bonds is 3. The lowest BCUT2D eigenvalue weighted by Gasteiger charge is -2.02. The van der Waals surface area contributed by atoms with Gasteiger partial charge in [0.1, 0.15) is 0 Å². The quantitative estimate of drug-likeness (QED) is 0.546. The maximum Gasteiger partial charge on any atom is 0.335 e. The number of aromatic hydroxyl groups is 1. The number of hydrogen-bond acceptors (Lipinski definition) is 4. The first-order chi connectivity index (χ1) is 12.0. The van der Waals surface area contributed by atoms with E-state index in [0.29, 0.717) is 11.1 Å². The molecule has 0 unspecified atom stereocenters. The average molecular weight is 337 g/mol. The molecule has 6 nitrogen and oxygen atoms in total. The van der Waals surface area contributed by atoms with E-state index in [2.05, 4.69) is 0 Å². The summed E-state index contributed by atoms with van der Waals surface area (Å²) in [6.45, 7) is 0. The van der Waals surface area contributed by atoms with Gasteiger partial charge in [0.15, 0.2) is 5.75 Å². The highest BCUT2D eigenvalue weighted by Gasteiger charge is 2.13. The molecule has 0 spiro atoms. The van der Waals surface area contributed by atoms with Crippen LogP contribution in [0.25, 0.3) is 11.1 Å². The third kappa shape index (κ3) is 4.90. The van der Waals surface area contributed by atoms with Crippen molar-refractivity contribution in [3.63, 3.8) is 0 Å². The minimum atomic E-state index is -0.879. The maximum atomic E-state index is 10.7. The number of benzene rings is 3. The topological polar surface area (TPSA) is 101 Å². The van der Waals surface area contributed by atoms with Gasteiger partial charge in [0.25, 0.3) is 0 Å². The second kappa shape index (κ2) is 8.26. The Morgan fingerprint density at radius 1 is 0.840 bits per heavy atom. The number of carboxylic acid groups (broad SMARTS) is 1. The van der Waals surface area contributed by atoms with Crippen LogP contribution in [-0.2, 0) is 0 Å². The fourth-order valence-electron chi connectivity index (χ4n) is 2.06. The van der Waals surface area contributed by atoms with E-state index >= 15 is 0 Å². The van der Waals surface area contributed by atoms with Gasteiger partial charge in [0, 0.05) is 6.07 Å². The third-order valence-corrected chi connectivity index (χ3v) is 3.30. The fourth-order valence-corrected chi connectivity index (χ4v) is 2.06. The first-order valence-corrected chi connectivity index (χ1v) is 7.30. The largest absolute Gasteiger partial charge is 0.502 e. The number of nitrogens with zero attached hydrogens (tertiary/aromatic N) is 1. The lowest BCUT2D eigenvalue weighted by Crippen LogP contribution is -1.93. The van der Waals surface area contributed by atoms with E-state index in [4.69, 9.17) is 5.11 Å². The molecule has 3 aromatic rings. The highest BCUT2D eigenvalue weighted by Crippen LogP contribution is 2.30. The van der Waals surface area contributed by atoms with Crippen LogP contribution >= 0.6 is 0 Å². The Morgan fingerprint density at radius 2 is 1.40 bits per heavy atom. The molecule has 0 fully saturated rings. The number of carboxylic acids is 1. The smallest absolute Gasteiger partial charge is 0.335 e. The van der Waals surface area contributed by atoms with E-state index in [-0.39, 0.29) is 11.4 Å². The Hall–Kier alpha value is -3.67. The molecule has 0 radical (unpaired) electrons. The number of hydrogen-bond donors (Lipinski definition) is 2. The van der Waals surface area contributed by atoms with Crippen LogP contribution in [0, 0.1) is 10.1 Å². The lowest BCUT2D eigenvalue weighted by molar-refractivity contribution is -0.385. The zero-order chi connectivity index (χ0) is 18.2. The number of phenols is 1. The molecule has 0 atom stereocenters. The summed E-state index contributed by atoms with van der Waals surface area (Å²) >= 11 is 0. The maximum absolute atomic E-state index is 10.7. The van der Waals surface area contributed by atoms with Gasteiger partial charge in [-0.1, -0.05) is 54.6 Å². The predicted octanol–water partition coefficient (Wildman–Crippen LogP) is 4.35. The second-order valence-corrected chi connectivity index (χ2v) is 5.00. The summed E-state index contributed by atoms with van der Waals surface area (Å²) in [5, 5.41) is 28.3. The Kier molecular flexibility index (Phi) is 5.84. The van der Waals surface area contributed by atoms with E-state index in [9.17, 15) is 20.0 Å². The van der Waals surface area contributed by atoms with Crippen LogP contribution in [0.15, 0.2) is 78.9 Å². The molecule has 25 heavy (non-hydrogen) atoms. The molecule has 0 heterocycles. The van der Waals surface area contributed by atoms with E-state index in [1.54, 1.807) is 36.4 Å². The van der Waals surface area contributed by atoms with Crippen LogP contribution < -0.4 is 0 Å². The number of carbonyl (C=O) groups is 1. The minimum absolute atomic E-state index is 0.277. The first-order valence-electron chi connectivity index (χ1n) is 7.30. The molecule has 0 aliphatic heterocycles. The molecule has 0 aromatic heterocycles. The monoisotopic (exact) mass is 337 g/mol. The van der Waals surface area contributed by atoms with Gasteiger partial charge in [-0.25, -0.2) is 4.79 Å². The molecular formula is C19H15NO5. The molecule has 126 valence electrons. The molecule has 0 amide bonds. The second-order valence-electron chi connectivity index (χ2n) is 5.00. The van der Waals surface area contributed by atoms with Gasteiger partial charge in [0.2, 0.25) is 0 Å². The van der Waals surface area contributed by atoms with E-state index in [1.165, 1.54) is 12.1 Å². The van der Waals surface area contributed by atoms with Crippen molar-refractivity contribution in [1.82, 2.24) is 0 Å². The van der Waals surface area contributed by atoms with Crippen LogP contribution in [0.1, 0.15) is 10.4 Å². The molecule has 0 aliphatic rings. The summed E-state index contributed by atoms with van der Waals surface area (Å²) in [6.07, 6.45) is 0. The third-order valence-electron chi connectivity index (χ3n) is 3.30. The van der Waals surface area contributed by atoms with Crippen molar-refractivity contribution in [2.24, 2.45) is 0 Å². The molecule has 0 aliphatic carbocycles. The zero-order valence-electron chi connectivity index (χ0n) is 13.1. The van der Waals surface area contributed by atoms with Crippen molar-refractivity contribution < 1.29 is 19.9 Å². The van der Waals surface area contributed by atoms with Crippen molar-refractivity contribution in [3.05, 3.63) is 94.5 Å². The SMILES string of the molecule is O=C(O)c1ccccc1.O=[N+]([O-])c1cc(-c2ccccc2)ccc1O. The van der Waals surface area contributed by atoms with Crippen molar-refractivity contribution in [2.45, 2.75) is 0 Å². The number of aromatic carboxylic acids is 1. The molecule has 3 aromatic carbocycles. The highest BCUT2D eigenvalue weighted by molar-refractivity contribution is 5.87. The van der Waals surface area contributed by atoms with Crippen molar-refractivity contribution in [2.75, 3.05) is 0 Å². The normalized spacial score (nSPS) is 9.60. The molecule has 3 rings (SSSR count). The van der Waals surface area contributed by atoms with Gasteiger partial charge in [-0.15, -0.1) is 0 Å². The lowest BCUT2D eigenvalue weighted by atomic mass is 10.1. The van der Waals surface area contributed by atoms with Crippen molar-refractivity contribution in [3.8, 4) is 16.9 Å². The van der Waals surface area contributed by atoms with Gasteiger partial charge < -0.3 is 10.2 Å². The summed E-state index contributed by atoms with van der Waals surface area (Å²) < 4.78 is 0. The Bertz CT molecular complexity index is 863. The van der Waals surface area contributed by atoms with Crippen molar-refractivity contribution in [1.29, 1.82) is 0 Å². The van der Waals surface area contributed by atoms with Crippen LogP contribution in [0.4, 0.5) is 5.69 Å². The highest BCUT2D eigenvalue weighted by atomic mass is 16.6. The molecule has 6 heteroatoms. The van der Waals surface area contributed by atoms with Crippen LogP contribution in [0.2, 0.25) is 0 Å². The Labute approximate surface area is 143 Å². The van der Waals surface area contributed by atoms with E-state index in [1.807, 2.05) is 30.3 Å². The fraction of sp³-hybridized carbons (Fsp3) is 0. The minimum Gasteiger partial charge on any atom is -0.502 e. The number of nitro benzene ring substituents is 1. The van der Waals surface area contributed by atoms with Gasteiger partial charge in [-0.05, 0) is 29.3 Å². The summed E-state index contributed by atoms with van der Waals surface area (Å²) in [7, 11) is 0. The van der Waals surface area contributed by atoms with Gasteiger partial charge >= 0.3 is 11.7 Å². The van der Waals surface area contributed by atoms with Gasteiger partial charge in [-0.3, -0.25) is 10.1 Å². The number of nitro groups is 1. The zero-order valence-corrected chi connectivity index (χ0v) is 13.1. The average Bonchev–Trinajstić information content (AvgIpc) is 2.64.